The van der Waals surface area contributed by atoms with Gasteiger partial charge in [0.15, 0.2) is 11.5 Å². The molecule has 1 amide bonds. The number of carbonyl (C=O) groups is 1. The number of aromatic nitrogens is 1. The summed E-state index contributed by atoms with van der Waals surface area (Å²) >= 11 is 0. The first-order chi connectivity index (χ1) is 12.7. The molecule has 0 aliphatic heterocycles. The number of carbonyl (C=O) groups excluding carboxylic acids is 1. The van der Waals surface area contributed by atoms with E-state index < -0.39 is 0 Å². The van der Waals surface area contributed by atoms with Gasteiger partial charge in [0.1, 0.15) is 5.75 Å². The number of nitrogens with zero attached hydrogens (tertiary/aromatic N) is 1. The number of nitrogens with one attached hydrogen (secondary N) is 1. The summed E-state index contributed by atoms with van der Waals surface area (Å²) in [6, 6.07) is 7.57. The number of aryl methyl sites for hydroxylation is 1. The number of ether oxygens (including phenoxy) is 3. The zero-order valence-corrected chi connectivity index (χ0v) is 15.4. The van der Waals surface area contributed by atoms with Gasteiger partial charge in [0.05, 0.1) is 32.9 Å². The van der Waals surface area contributed by atoms with Gasteiger partial charge in [-0.25, -0.2) is 0 Å². The highest BCUT2D eigenvalue weighted by molar-refractivity contribution is 5.83. The molecule has 6 nitrogen and oxygen atoms in total. The van der Waals surface area contributed by atoms with Crippen molar-refractivity contribution in [1.29, 1.82) is 0 Å². The van der Waals surface area contributed by atoms with E-state index in [2.05, 4.69) is 16.4 Å². The fourth-order valence-electron chi connectivity index (χ4n) is 3.40. The van der Waals surface area contributed by atoms with E-state index in [0.717, 1.165) is 30.5 Å². The van der Waals surface area contributed by atoms with Crippen molar-refractivity contribution in [2.45, 2.75) is 31.7 Å². The van der Waals surface area contributed by atoms with E-state index in [-0.39, 0.29) is 11.8 Å². The third-order valence-electron chi connectivity index (χ3n) is 4.75. The molecule has 2 aromatic rings. The Morgan fingerprint density at radius 2 is 1.88 bits per heavy atom. The van der Waals surface area contributed by atoms with E-state index in [4.69, 9.17) is 14.2 Å². The van der Waals surface area contributed by atoms with Crippen molar-refractivity contribution in [3.63, 3.8) is 0 Å². The van der Waals surface area contributed by atoms with E-state index in [1.807, 2.05) is 12.1 Å². The minimum atomic E-state index is -0.203. The SMILES string of the molecule is COc1cc(OC)c(OC)cc1CNC(=O)C1CCCc2cccnc21. The summed E-state index contributed by atoms with van der Waals surface area (Å²) in [6.07, 6.45) is 4.55. The van der Waals surface area contributed by atoms with Crippen LogP contribution < -0.4 is 19.5 Å². The Balaban J connectivity index is 1.76. The molecule has 0 radical (unpaired) electrons. The zero-order valence-electron chi connectivity index (χ0n) is 15.4. The lowest BCUT2D eigenvalue weighted by molar-refractivity contribution is -0.123. The monoisotopic (exact) mass is 356 g/mol. The second-order valence-electron chi connectivity index (χ2n) is 6.23. The Hall–Kier alpha value is -2.76. The minimum absolute atomic E-state index is 0.0125. The number of amides is 1. The Bertz CT molecular complexity index is 791. The summed E-state index contributed by atoms with van der Waals surface area (Å²) < 4.78 is 16.1. The number of benzene rings is 1. The highest BCUT2D eigenvalue weighted by atomic mass is 16.5. The van der Waals surface area contributed by atoms with E-state index >= 15 is 0 Å². The molecule has 1 aromatic carbocycles. The molecule has 0 spiro atoms. The molecule has 0 saturated carbocycles. The van der Waals surface area contributed by atoms with E-state index in [0.29, 0.717) is 23.8 Å². The van der Waals surface area contributed by atoms with Crippen LogP contribution in [0.25, 0.3) is 0 Å². The normalized spacial score (nSPS) is 15.7. The fourth-order valence-corrected chi connectivity index (χ4v) is 3.40. The van der Waals surface area contributed by atoms with Crippen LogP contribution in [0, 0.1) is 0 Å². The van der Waals surface area contributed by atoms with Crippen LogP contribution in [0.5, 0.6) is 17.2 Å². The van der Waals surface area contributed by atoms with Crippen LogP contribution in [-0.2, 0) is 17.8 Å². The van der Waals surface area contributed by atoms with Crippen LogP contribution in [0.1, 0.15) is 35.6 Å². The van der Waals surface area contributed by atoms with Crippen molar-refractivity contribution >= 4 is 5.91 Å². The molecule has 6 heteroatoms. The minimum Gasteiger partial charge on any atom is -0.496 e. The van der Waals surface area contributed by atoms with E-state index in [1.54, 1.807) is 33.6 Å². The second kappa shape index (κ2) is 8.08. The molecule has 1 heterocycles. The quantitative estimate of drug-likeness (QED) is 0.862. The van der Waals surface area contributed by atoms with Crippen LogP contribution in [0.4, 0.5) is 0 Å². The lowest BCUT2D eigenvalue weighted by Crippen LogP contribution is -2.31. The smallest absolute Gasteiger partial charge is 0.229 e. The molecular formula is C20H24N2O4. The summed E-state index contributed by atoms with van der Waals surface area (Å²) in [5.41, 5.74) is 2.90. The summed E-state index contributed by atoms with van der Waals surface area (Å²) in [7, 11) is 4.75. The standard InChI is InChI=1S/C20H24N2O4/c1-24-16-11-18(26-3)17(25-2)10-14(16)12-22-20(23)15-8-4-6-13-7-5-9-21-19(13)15/h5,7,9-11,15H,4,6,8,12H2,1-3H3,(H,22,23). The van der Waals surface area contributed by atoms with Gasteiger partial charge in [-0.05, 0) is 37.0 Å². The summed E-state index contributed by atoms with van der Waals surface area (Å²) in [4.78, 5) is 17.2. The predicted molar refractivity (Wildman–Crippen MR) is 97.9 cm³/mol. The van der Waals surface area contributed by atoms with Gasteiger partial charge in [-0.3, -0.25) is 9.78 Å². The van der Waals surface area contributed by atoms with E-state index in [1.165, 1.54) is 5.56 Å². The number of pyridine rings is 1. The number of fused-ring (bicyclic) bond motifs is 1. The van der Waals surface area contributed by atoms with Gasteiger partial charge in [0.25, 0.3) is 0 Å². The van der Waals surface area contributed by atoms with Crippen LogP contribution in [0.15, 0.2) is 30.5 Å². The van der Waals surface area contributed by atoms with Crippen LogP contribution in [0.3, 0.4) is 0 Å². The number of hydrogen-bond acceptors (Lipinski definition) is 5. The third kappa shape index (κ3) is 3.59. The van der Waals surface area contributed by atoms with Crippen molar-refractivity contribution < 1.29 is 19.0 Å². The first-order valence-electron chi connectivity index (χ1n) is 8.68. The molecule has 1 aromatic heterocycles. The third-order valence-corrected chi connectivity index (χ3v) is 4.75. The van der Waals surface area contributed by atoms with Gasteiger partial charge >= 0.3 is 0 Å². The Kier molecular flexibility index (Phi) is 5.61. The molecule has 1 N–H and O–H groups in total. The highest BCUT2D eigenvalue weighted by Gasteiger charge is 2.27. The van der Waals surface area contributed by atoms with Gasteiger partial charge in [-0.1, -0.05) is 6.07 Å². The molecule has 0 saturated heterocycles. The van der Waals surface area contributed by atoms with Crippen LogP contribution >= 0.6 is 0 Å². The largest absolute Gasteiger partial charge is 0.496 e. The van der Waals surface area contributed by atoms with Gasteiger partial charge in [-0.2, -0.15) is 0 Å². The zero-order chi connectivity index (χ0) is 18.5. The second-order valence-corrected chi connectivity index (χ2v) is 6.23. The fraction of sp³-hybridized carbons (Fsp3) is 0.400. The Morgan fingerprint density at radius 3 is 2.62 bits per heavy atom. The number of hydrogen-bond donors (Lipinski definition) is 1. The maximum atomic E-state index is 12.8. The Labute approximate surface area is 153 Å². The number of rotatable bonds is 6. The van der Waals surface area contributed by atoms with Crippen molar-refractivity contribution in [3.05, 3.63) is 47.3 Å². The van der Waals surface area contributed by atoms with Crippen LogP contribution in [-0.4, -0.2) is 32.2 Å². The topological polar surface area (TPSA) is 69.7 Å². The lowest BCUT2D eigenvalue weighted by atomic mass is 9.86. The average molecular weight is 356 g/mol. The van der Waals surface area contributed by atoms with Crippen LogP contribution in [0.2, 0.25) is 0 Å². The molecule has 1 unspecified atom stereocenters. The molecule has 0 fully saturated rings. The van der Waals surface area contributed by atoms with Gasteiger partial charge in [0.2, 0.25) is 5.91 Å². The maximum absolute atomic E-state index is 12.8. The molecule has 26 heavy (non-hydrogen) atoms. The molecular weight excluding hydrogens is 332 g/mol. The van der Waals surface area contributed by atoms with Gasteiger partial charge in [-0.15, -0.1) is 0 Å². The highest BCUT2D eigenvalue weighted by Crippen LogP contribution is 2.35. The van der Waals surface area contributed by atoms with Crippen molar-refractivity contribution in [2.24, 2.45) is 0 Å². The summed E-state index contributed by atoms with van der Waals surface area (Å²) in [5, 5.41) is 3.02. The van der Waals surface area contributed by atoms with Crippen molar-refractivity contribution in [3.8, 4) is 17.2 Å². The Morgan fingerprint density at radius 1 is 1.15 bits per heavy atom. The first-order valence-corrected chi connectivity index (χ1v) is 8.68. The van der Waals surface area contributed by atoms with Crippen molar-refractivity contribution in [1.82, 2.24) is 10.3 Å². The maximum Gasteiger partial charge on any atom is 0.229 e. The molecule has 1 atom stereocenters. The summed E-state index contributed by atoms with van der Waals surface area (Å²) in [5.74, 6) is 1.62. The predicted octanol–water partition coefficient (Wildman–Crippen LogP) is 2.84. The number of methoxy groups -OCH3 is 3. The van der Waals surface area contributed by atoms with Gasteiger partial charge in [0, 0.05) is 24.4 Å². The summed E-state index contributed by atoms with van der Waals surface area (Å²) in [6.45, 7) is 0.348. The van der Waals surface area contributed by atoms with E-state index in [9.17, 15) is 4.79 Å². The van der Waals surface area contributed by atoms with Gasteiger partial charge < -0.3 is 19.5 Å². The molecule has 3 rings (SSSR count). The van der Waals surface area contributed by atoms with Crippen molar-refractivity contribution in [2.75, 3.05) is 21.3 Å². The lowest BCUT2D eigenvalue weighted by Gasteiger charge is -2.23. The first kappa shape index (κ1) is 18.0. The molecule has 138 valence electrons. The average Bonchev–Trinajstić information content (AvgIpc) is 2.70. The molecule has 1 aliphatic rings. The molecule has 1 aliphatic carbocycles. The molecule has 0 bridgehead atoms.